The molecule has 0 aliphatic heterocycles. The van der Waals surface area contributed by atoms with Gasteiger partial charge in [-0.1, -0.05) is 48.5 Å². The minimum Gasteiger partial charge on any atom is -0.480 e. The molecule has 21 heavy (non-hydrogen) atoms. The van der Waals surface area contributed by atoms with Crippen LogP contribution in [-0.4, -0.2) is 23.1 Å². The Morgan fingerprint density at radius 2 is 1.62 bits per heavy atom. The predicted octanol–water partition coefficient (Wildman–Crippen LogP) is 2.95. The number of para-hydroxylation sites is 1. The number of carboxylic acids is 1. The van der Waals surface area contributed by atoms with Crippen LogP contribution in [0.25, 0.3) is 11.1 Å². The van der Waals surface area contributed by atoms with Crippen molar-refractivity contribution >= 4 is 17.7 Å². The molecule has 0 saturated heterocycles. The topological polar surface area (TPSA) is 78.4 Å². The molecule has 1 atom stereocenters. The summed E-state index contributed by atoms with van der Waals surface area (Å²) in [5, 5.41) is 13.8. The second-order valence-electron chi connectivity index (χ2n) is 4.57. The van der Waals surface area contributed by atoms with Gasteiger partial charge in [0, 0.05) is 5.56 Å². The van der Waals surface area contributed by atoms with Crippen LogP contribution in [0, 0.1) is 0 Å². The van der Waals surface area contributed by atoms with Gasteiger partial charge in [0.25, 0.3) is 0 Å². The van der Waals surface area contributed by atoms with Crippen LogP contribution in [0.15, 0.2) is 54.6 Å². The lowest BCUT2D eigenvalue weighted by atomic mass is 10.0. The van der Waals surface area contributed by atoms with Gasteiger partial charge in [0.05, 0.1) is 5.69 Å². The van der Waals surface area contributed by atoms with Crippen LogP contribution in [0.3, 0.4) is 0 Å². The third-order valence-corrected chi connectivity index (χ3v) is 2.98. The molecule has 2 amide bonds. The zero-order chi connectivity index (χ0) is 15.2. The van der Waals surface area contributed by atoms with E-state index in [-0.39, 0.29) is 0 Å². The molecule has 2 rings (SSSR count). The van der Waals surface area contributed by atoms with Crippen LogP contribution < -0.4 is 10.6 Å². The van der Waals surface area contributed by atoms with Gasteiger partial charge in [-0.2, -0.15) is 0 Å². The monoisotopic (exact) mass is 284 g/mol. The highest BCUT2D eigenvalue weighted by molar-refractivity contribution is 5.96. The molecular weight excluding hydrogens is 268 g/mol. The Balaban J connectivity index is 2.18. The number of nitrogens with one attached hydrogen (secondary N) is 2. The van der Waals surface area contributed by atoms with Crippen molar-refractivity contribution in [2.75, 3.05) is 5.32 Å². The van der Waals surface area contributed by atoms with E-state index in [9.17, 15) is 9.59 Å². The molecule has 108 valence electrons. The summed E-state index contributed by atoms with van der Waals surface area (Å²) >= 11 is 0. The maximum atomic E-state index is 11.8. The lowest BCUT2D eigenvalue weighted by Gasteiger charge is -2.14. The average Bonchev–Trinajstić information content (AvgIpc) is 2.48. The van der Waals surface area contributed by atoms with Crippen LogP contribution in [-0.2, 0) is 4.79 Å². The molecule has 5 nitrogen and oxygen atoms in total. The molecule has 0 heterocycles. The summed E-state index contributed by atoms with van der Waals surface area (Å²) < 4.78 is 0. The lowest BCUT2D eigenvalue weighted by Crippen LogP contribution is -2.40. The normalized spacial score (nSPS) is 11.5. The Kier molecular flexibility index (Phi) is 4.56. The number of benzene rings is 2. The Morgan fingerprint density at radius 3 is 2.29 bits per heavy atom. The Morgan fingerprint density at radius 1 is 1.00 bits per heavy atom. The van der Waals surface area contributed by atoms with Gasteiger partial charge in [-0.25, -0.2) is 4.79 Å². The summed E-state index contributed by atoms with van der Waals surface area (Å²) in [6.07, 6.45) is 0. The van der Waals surface area contributed by atoms with Crippen molar-refractivity contribution in [2.24, 2.45) is 0 Å². The van der Waals surface area contributed by atoms with Crippen molar-refractivity contribution in [2.45, 2.75) is 13.0 Å². The summed E-state index contributed by atoms with van der Waals surface area (Å²) in [5.74, 6) is -1.08. The highest BCUT2D eigenvalue weighted by atomic mass is 16.4. The number of aliphatic carboxylic acids is 1. The maximum Gasteiger partial charge on any atom is 0.325 e. The molecule has 0 aromatic heterocycles. The van der Waals surface area contributed by atoms with Crippen molar-refractivity contribution in [3.8, 4) is 11.1 Å². The highest BCUT2D eigenvalue weighted by Gasteiger charge is 2.14. The molecule has 0 fully saturated rings. The molecule has 0 unspecified atom stereocenters. The van der Waals surface area contributed by atoms with E-state index < -0.39 is 18.0 Å². The van der Waals surface area contributed by atoms with Crippen molar-refractivity contribution < 1.29 is 14.7 Å². The quantitative estimate of drug-likeness (QED) is 0.807. The van der Waals surface area contributed by atoms with E-state index >= 15 is 0 Å². The number of hydrogen-bond acceptors (Lipinski definition) is 2. The second-order valence-corrected chi connectivity index (χ2v) is 4.57. The largest absolute Gasteiger partial charge is 0.480 e. The molecular formula is C16H16N2O3. The average molecular weight is 284 g/mol. The van der Waals surface area contributed by atoms with Gasteiger partial charge >= 0.3 is 12.0 Å². The van der Waals surface area contributed by atoms with E-state index in [0.717, 1.165) is 11.1 Å². The summed E-state index contributed by atoms with van der Waals surface area (Å²) in [4.78, 5) is 22.6. The maximum absolute atomic E-state index is 11.8. The lowest BCUT2D eigenvalue weighted by molar-refractivity contribution is -0.138. The minimum absolute atomic E-state index is 0.548. The molecule has 0 bridgehead atoms. The first-order chi connectivity index (χ1) is 10.1. The van der Waals surface area contributed by atoms with E-state index in [1.165, 1.54) is 6.92 Å². The van der Waals surface area contributed by atoms with Crippen LogP contribution in [0.4, 0.5) is 10.5 Å². The van der Waals surface area contributed by atoms with Crippen molar-refractivity contribution in [1.29, 1.82) is 0 Å². The fourth-order valence-electron chi connectivity index (χ4n) is 1.88. The Hall–Kier alpha value is -2.82. The summed E-state index contributed by atoms with van der Waals surface area (Å²) in [5.41, 5.74) is 2.47. The van der Waals surface area contributed by atoms with Gasteiger partial charge in [0.2, 0.25) is 0 Å². The van der Waals surface area contributed by atoms with E-state index in [2.05, 4.69) is 10.6 Å². The van der Waals surface area contributed by atoms with Gasteiger partial charge in [0.1, 0.15) is 6.04 Å². The predicted molar refractivity (Wildman–Crippen MR) is 81.1 cm³/mol. The second kappa shape index (κ2) is 6.56. The first-order valence-electron chi connectivity index (χ1n) is 6.52. The minimum atomic E-state index is -1.08. The van der Waals surface area contributed by atoms with Crippen LogP contribution in [0.1, 0.15) is 6.92 Å². The standard InChI is InChI=1S/C16H16N2O3/c1-11(15(19)20)17-16(21)18-14-10-6-5-9-13(14)12-7-3-2-4-8-12/h2-11H,1H3,(H,19,20)(H2,17,18,21)/t11-/m1/s1. The zero-order valence-corrected chi connectivity index (χ0v) is 11.5. The first kappa shape index (κ1) is 14.6. The van der Waals surface area contributed by atoms with E-state index in [4.69, 9.17) is 5.11 Å². The van der Waals surface area contributed by atoms with Gasteiger partial charge in [0.15, 0.2) is 0 Å². The van der Waals surface area contributed by atoms with Crippen molar-refractivity contribution in [3.05, 3.63) is 54.6 Å². The molecule has 0 aliphatic carbocycles. The molecule has 3 N–H and O–H groups in total. The van der Waals surface area contributed by atoms with Gasteiger partial charge < -0.3 is 15.7 Å². The number of carbonyl (C=O) groups excluding carboxylic acids is 1. The third kappa shape index (κ3) is 3.82. The summed E-state index contributed by atoms with van der Waals surface area (Å²) in [6.45, 7) is 1.41. The number of urea groups is 1. The SMILES string of the molecule is C[C@@H](NC(=O)Nc1ccccc1-c1ccccc1)C(=O)O. The van der Waals surface area contributed by atoms with Crippen LogP contribution in [0.2, 0.25) is 0 Å². The van der Waals surface area contributed by atoms with Crippen LogP contribution in [0.5, 0.6) is 0 Å². The number of hydrogen-bond donors (Lipinski definition) is 3. The van der Waals surface area contributed by atoms with Crippen molar-refractivity contribution in [3.63, 3.8) is 0 Å². The first-order valence-corrected chi connectivity index (χ1v) is 6.52. The number of carboxylic acid groups (broad SMARTS) is 1. The number of amides is 2. The molecule has 0 aliphatic rings. The molecule has 0 radical (unpaired) electrons. The molecule has 0 saturated carbocycles. The number of anilines is 1. The summed E-state index contributed by atoms with van der Waals surface area (Å²) in [6, 6.07) is 15.5. The number of rotatable bonds is 4. The fourth-order valence-corrected chi connectivity index (χ4v) is 1.88. The van der Waals surface area contributed by atoms with Gasteiger partial charge in [-0.05, 0) is 18.6 Å². The molecule has 2 aromatic carbocycles. The number of carbonyl (C=O) groups is 2. The molecule has 2 aromatic rings. The van der Waals surface area contributed by atoms with Crippen molar-refractivity contribution in [1.82, 2.24) is 5.32 Å². The van der Waals surface area contributed by atoms with Crippen LogP contribution >= 0.6 is 0 Å². The van der Waals surface area contributed by atoms with Gasteiger partial charge in [-0.15, -0.1) is 0 Å². The van der Waals surface area contributed by atoms with E-state index in [1.807, 2.05) is 48.5 Å². The third-order valence-electron chi connectivity index (χ3n) is 2.98. The fraction of sp³-hybridized carbons (Fsp3) is 0.125. The Labute approximate surface area is 122 Å². The smallest absolute Gasteiger partial charge is 0.325 e. The zero-order valence-electron chi connectivity index (χ0n) is 11.5. The van der Waals surface area contributed by atoms with E-state index in [1.54, 1.807) is 6.07 Å². The van der Waals surface area contributed by atoms with E-state index in [0.29, 0.717) is 5.69 Å². The highest BCUT2D eigenvalue weighted by Crippen LogP contribution is 2.27. The Bertz CT molecular complexity index is 641. The summed E-state index contributed by atoms with van der Waals surface area (Å²) in [7, 11) is 0. The molecule has 0 spiro atoms. The van der Waals surface area contributed by atoms with Gasteiger partial charge in [-0.3, -0.25) is 4.79 Å². The molecule has 5 heteroatoms.